The number of hydrogen-bond donors (Lipinski definition) is 2. The molecule has 124 valence electrons. The molecule has 9 nitrogen and oxygen atoms in total. The lowest BCUT2D eigenvalue weighted by Gasteiger charge is -2.25. The highest BCUT2D eigenvalue weighted by Gasteiger charge is 2.47. The first-order valence-electron chi connectivity index (χ1n) is 7.08. The van der Waals surface area contributed by atoms with Gasteiger partial charge < -0.3 is 19.9 Å². The number of aliphatic hydroxyl groups is 1. The van der Waals surface area contributed by atoms with Crippen LogP contribution in [0, 0.1) is 5.92 Å². The molecule has 4 atom stereocenters. The number of carbonyl (C=O) groups excluding carboxylic acids is 2. The van der Waals surface area contributed by atoms with E-state index in [0.717, 1.165) is 0 Å². The Labute approximate surface area is 128 Å². The van der Waals surface area contributed by atoms with Crippen LogP contribution in [0.15, 0.2) is 5.11 Å². The topological polar surface area (TPSA) is 134 Å². The van der Waals surface area contributed by atoms with E-state index < -0.39 is 41.8 Å². The number of esters is 1. The zero-order valence-corrected chi connectivity index (χ0v) is 13.1. The quantitative estimate of drug-likeness (QED) is 0.351. The van der Waals surface area contributed by atoms with Crippen LogP contribution in [0.4, 0.5) is 4.79 Å². The fraction of sp³-hybridized carbons (Fsp3) is 0.846. The first-order chi connectivity index (χ1) is 10.2. The second-order valence-electron chi connectivity index (χ2n) is 6.03. The maximum Gasteiger partial charge on any atom is 0.407 e. The average Bonchev–Trinajstić information content (AvgIpc) is 2.66. The summed E-state index contributed by atoms with van der Waals surface area (Å²) in [7, 11) is 0. The van der Waals surface area contributed by atoms with Crippen molar-refractivity contribution in [3.8, 4) is 0 Å². The van der Waals surface area contributed by atoms with E-state index in [-0.39, 0.29) is 13.0 Å². The van der Waals surface area contributed by atoms with Crippen molar-refractivity contribution >= 4 is 12.1 Å². The fourth-order valence-corrected chi connectivity index (χ4v) is 2.33. The van der Waals surface area contributed by atoms with Crippen LogP contribution in [0.25, 0.3) is 10.4 Å². The molecule has 0 saturated heterocycles. The van der Waals surface area contributed by atoms with Crippen molar-refractivity contribution in [2.75, 3.05) is 6.61 Å². The Hall–Kier alpha value is -1.99. The average molecular weight is 314 g/mol. The van der Waals surface area contributed by atoms with Crippen molar-refractivity contribution in [3.05, 3.63) is 10.4 Å². The van der Waals surface area contributed by atoms with Gasteiger partial charge in [-0.1, -0.05) is 5.11 Å². The van der Waals surface area contributed by atoms with Gasteiger partial charge in [-0.3, -0.25) is 4.79 Å². The lowest BCUT2D eigenvalue weighted by Crippen LogP contribution is -2.49. The molecule has 22 heavy (non-hydrogen) atoms. The molecule has 0 heterocycles. The van der Waals surface area contributed by atoms with Crippen LogP contribution in [0.3, 0.4) is 0 Å². The Morgan fingerprint density at radius 1 is 1.45 bits per heavy atom. The van der Waals surface area contributed by atoms with Crippen LogP contribution in [-0.2, 0) is 14.3 Å². The SMILES string of the molecule is CCOC(=O)[C@H]1C[C@H](N=[N+]=[N-])[C@@H](O)[C@@H]1NC(=O)OC(C)(C)C. The van der Waals surface area contributed by atoms with E-state index in [9.17, 15) is 14.7 Å². The van der Waals surface area contributed by atoms with E-state index in [1.54, 1.807) is 27.7 Å². The minimum atomic E-state index is -1.18. The van der Waals surface area contributed by atoms with Crippen molar-refractivity contribution in [1.82, 2.24) is 5.32 Å². The fourth-order valence-electron chi connectivity index (χ4n) is 2.33. The van der Waals surface area contributed by atoms with Crippen molar-refractivity contribution in [2.24, 2.45) is 11.0 Å². The molecule has 0 unspecified atom stereocenters. The van der Waals surface area contributed by atoms with Crippen LogP contribution in [0.2, 0.25) is 0 Å². The van der Waals surface area contributed by atoms with Gasteiger partial charge in [-0.15, -0.1) is 0 Å². The third kappa shape index (κ3) is 4.78. The van der Waals surface area contributed by atoms with Crippen molar-refractivity contribution in [1.29, 1.82) is 0 Å². The van der Waals surface area contributed by atoms with Crippen LogP contribution in [-0.4, -0.2) is 47.6 Å². The minimum Gasteiger partial charge on any atom is -0.466 e. The maximum atomic E-state index is 12.0. The standard InChI is InChI=1S/C13H22N4O5/c1-5-21-11(19)7-6-8(16-17-14)10(18)9(7)15-12(20)22-13(2,3)4/h7-10,18H,5-6H2,1-4H3,(H,15,20)/t7-,8-,9+,10+/m0/s1. The molecule has 0 bridgehead atoms. The van der Waals surface area contributed by atoms with Gasteiger partial charge in [-0.05, 0) is 39.6 Å². The van der Waals surface area contributed by atoms with Crippen LogP contribution < -0.4 is 5.32 Å². The molecule has 0 aromatic heterocycles. The molecule has 1 rings (SSSR count). The highest BCUT2D eigenvalue weighted by molar-refractivity contribution is 5.76. The van der Waals surface area contributed by atoms with E-state index in [4.69, 9.17) is 15.0 Å². The molecule has 1 fully saturated rings. The van der Waals surface area contributed by atoms with Gasteiger partial charge >= 0.3 is 12.1 Å². The molecule has 0 aliphatic heterocycles. The van der Waals surface area contributed by atoms with Gasteiger partial charge in [-0.25, -0.2) is 4.79 Å². The summed E-state index contributed by atoms with van der Waals surface area (Å²) in [5, 5.41) is 16.1. The molecule has 1 saturated carbocycles. The Morgan fingerprint density at radius 3 is 2.59 bits per heavy atom. The summed E-state index contributed by atoms with van der Waals surface area (Å²) in [6, 6.07) is -1.73. The van der Waals surface area contributed by atoms with Crippen molar-refractivity contribution < 1.29 is 24.2 Å². The second kappa shape index (κ2) is 7.33. The molecule has 1 amide bonds. The number of nitrogens with one attached hydrogen (secondary N) is 1. The molecule has 0 aromatic rings. The number of carbonyl (C=O) groups is 2. The lowest BCUT2D eigenvalue weighted by molar-refractivity contribution is -0.148. The summed E-state index contributed by atoms with van der Waals surface area (Å²) in [5.41, 5.74) is 7.80. The first kappa shape index (κ1) is 18.1. The first-order valence-corrected chi connectivity index (χ1v) is 7.08. The number of aliphatic hydroxyl groups excluding tert-OH is 1. The second-order valence-corrected chi connectivity index (χ2v) is 6.03. The Kier molecular flexibility index (Phi) is 6.01. The lowest BCUT2D eigenvalue weighted by atomic mass is 10.0. The summed E-state index contributed by atoms with van der Waals surface area (Å²) in [4.78, 5) is 26.5. The predicted octanol–water partition coefficient (Wildman–Crippen LogP) is 1.50. The van der Waals surface area contributed by atoms with E-state index in [0.29, 0.717) is 0 Å². The summed E-state index contributed by atoms with van der Waals surface area (Å²) < 4.78 is 10.1. The zero-order valence-electron chi connectivity index (χ0n) is 13.1. The molecular weight excluding hydrogens is 292 g/mol. The molecule has 0 aromatic carbocycles. The van der Waals surface area contributed by atoms with Crippen molar-refractivity contribution in [3.63, 3.8) is 0 Å². The summed E-state index contributed by atoms with van der Waals surface area (Å²) in [6.45, 7) is 6.93. The van der Waals surface area contributed by atoms with Crippen LogP contribution in [0.1, 0.15) is 34.1 Å². The number of amides is 1. The Bertz CT molecular complexity index is 470. The predicted molar refractivity (Wildman–Crippen MR) is 76.8 cm³/mol. The van der Waals surface area contributed by atoms with E-state index >= 15 is 0 Å². The van der Waals surface area contributed by atoms with Gasteiger partial charge in [-0.2, -0.15) is 0 Å². The Morgan fingerprint density at radius 2 is 2.09 bits per heavy atom. The third-order valence-corrected chi connectivity index (χ3v) is 3.16. The van der Waals surface area contributed by atoms with Gasteiger partial charge in [0, 0.05) is 4.91 Å². The third-order valence-electron chi connectivity index (χ3n) is 3.16. The smallest absolute Gasteiger partial charge is 0.407 e. The number of azide groups is 1. The number of ether oxygens (including phenoxy) is 2. The van der Waals surface area contributed by atoms with E-state index in [1.807, 2.05) is 0 Å². The van der Waals surface area contributed by atoms with Gasteiger partial charge in [0.15, 0.2) is 0 Å². The zero-order chi connectivity index (χ0) is 16.9. The molecule has 0 spiro atoms. The summed E-state index contributed by atoms with van der Waals surface area (Å²) >= 11 is 0. The van der Waals surface area contributed by atoms with E-state index in [2.05, 4.69) is 15.3 Å². The van der Waals surface area contributed by atoms with Gasteiger partial charge in [0.25, 0.3) is 0 Å². The molecule has 2 N–H and O–H groups in total. The highest BCUT2D eigenvalue weighted by atomic mass is 16.6. The molecule has 1 aliphatic carbocycles. The normalized spacial score (nSPS) is 27.7. The number of hydrogen-bond acceptors (Lipinski definition) is 6. The Balaban J connectivity index is 2.87. The van der Waals surface area contributed by atoms with Crippen LogP contribution in [0.5, 0.6) is 0 Å². The monoisotopic (exact) mass is 314 g/mol. The van der Waals surface area contributed by atoms with Crippen LogP contribution >= 0.6 is 0 Å². The molecular formula is C13H22N4O5. The summed E-state index contributed by atoms with van der Waals surface area (Å²) in [5.74, 6) is -1.35. The van der Waals surface area contributed by atoms with E-state index in [1.165, 1.54) is 0 Å². The molecule has 0 radical (unpaired) electrons. The van der Waals surface area contributed by atoms with Gasteiger partial charge in [0.2, 0.25) is 0 Å². The van der Waals surface area contributed by atoms with Gasteiger partial charge in [0.1, 0.15) is 5.60 Å². The number of rotatable bonds is 4. The molecule has 1 aliphatic rings. The maximum absolute atomic E-state index is 12.0. The largest absolute Gasteiger partial charge is 0.466 e. The number of alkyl carbamates (subject to hydrolysis) is 1. The summed E-state index contributed by atoms with van der Waals surface area (Å²) in [6.07, 6.45) is -1.84. The highest BCUT2D eigenvalue weighted by Crippen LogP contribution is 2.30. The number of nitrogens with zero attached hydrogens (tertiary/aromatic N) is 3. The van der Waals surface area contributed by atoms with Gasteiger partial charge in [0.05, 0.1) is 30.7 Å². The minimum absolute atomic E-state index is 0.102. The van der Waals surface area contributed by atoms with Crippen molar-refractivity contribution in [2.45, 2.75) is 57.9 Å². The molecule has 9 heteroatoms.